The predicted octanol–water partition coefficient (Wildman–Crippen LogP) is 2.59. The predicted molar refractivity (Wildman–Crippen MR) is 36.7 cm³/mol. The minimum absolute atomic E-state index is 0.0663. The third kappa shape index (κ3) is 3.09. The zero-order valence-electron chi connectivity index (χ0n) is 5.76. The smallest absolute Gasteiger partial charge is 0.309 e. The van der Waals surface area contributed by atoms with Crippen LogP contribution >= 0.6 is 0 Å². The molecule has 0 amide bonds. The quantitative estimate of drug-likeness (QED) is 0.655. The fraction of sp³-hybridized carbons (Fsp3) is 0.125. The molecule has 0 saturated heterocycles. The zero-order chi connectivity index (χ0) is 8.10. The molecule has 0 aliphatic heterocycles. The van der Waals surface area contributed by atoms with Gasteiger partial charge in [0, 0.05) is 0 Å². The molecule has 3 heteroatoms. The summed E-state index contributed by atoms with van der Waals surface area (Å²) < 4.78 is 26.8. The van der Waals surface area contributed by atoms with Crippen LogP contribution < -0.4 is 0 Å². The van der Waals surface area contributed by atoms with Crippen LogP contribution in [0.2, 0.25) is 0 Å². The van der Waals surface area contributed by atoms with E-state index < -0.39 is 6.61 Å². The normalized spacial score (nSPS) is 10.5. The fourth-order valence-corrected chi connectivity index (χ4v) is 0.712. The van der Waals surface area contributed by atoms with Gasteiger partial charge in [-0.1, -0.05) is 30.3 Å². The highest BCUT2D eigenvalue weighted by molar-refractivity contribution is 5.13. The van der Waals surface area contributed by atoms with E-state index in [9.17, 15) is 8.78 Å². The van der Waals surface area contributed by atoms with Crippen molar-refractivity contribution in [3.05, 3.63) is 42.5 Å². The Hall–Kier alpha value is -0.960. The van der Waals surface area contributed by atoms with Crippen molar-refractivity contribution in [1.29, 1.82) is 0 Å². The van der Waals surface area contributed by atoms with E-state index in [1.54, 1.807) is 24.3 Å². The number of benzene rings is 1. The molecule has 1 aromatic rings. The molecule has 0 N–H and O–H groups in total. The largest absolute Gasteiger partial charge is 0.448 e. The molecule has 1 nitrogen and oxygen atoms in total. The van der Waals surface area contributed by atoms with E-state index in [2.05, 4.69) is 4.74 Å². The van der Waals surface area contributed by atoms with Crippen molar-refractivity contribution < 1.29 is 13.5 Å². The highest BCUT2D eigenvalue weighted by atomic mass is 19.3. The lowest BCUT2D eigenvalue weighted by molar-refractivity contribution is -0.0288. The van der Waals surface area contributed by atoms with E-state index in [0.717, 1.165) is 5.56 Å². The Morgan fingerprint density at radius 3 is 2.36 bits per heavy atom. The molecule has 0 saturated carbocycles. The number of hydrogen-bond donors (Lipinski definition) is 0. The first-order chi connectivity index (χ1) is 5.29. The first-order valence-corrected chi connectivity index (χ1v) is 3.14. The molecule has 1 aromatic carbocycles. The van der Waals surface area contributed by atoms with Crippen LogP contribution in [0, 0.1) is 6.61 Å². The molecule has 0 heterocycles. The van der Waals surface area contributed by atoms with Crippen molar-refractivity contribution in [3.8, 4) is 0 Å². The Morgan fingerprint density at radius 2 is 1.82 bits per heavy atom. The maximum atomic E-state index is 11.4. The third-order valence-corrected chi connectivity index (χ3v) is 1.19. The molecule has 59 valence electrons. The highest BCUT2D eigenvalue weighted by Gasteiger charge is 2.04. The maximum absolute atomic E-state index is 11.4. The standard InChI is InChI=1S/C8H7F2O/c9-8(10)11-6-7-4-2-1-3-5-7/h1-5H,6H2. The van der Waals surface area contributed by atoms with E-state index in [1.165, 1.54) is 0 Å². The second kappa shape index (κ2) is 4.03. The molecule has 0 aliphatic rings. The van der Waals surface area contributed by atoms with Gasteiger partial charge in [-0.05, 0) is 5.56 Å². The number of hydrogen-bond acceptors (Lipinski definition) is 1. The number of ether oxygens (including phenoxy) is 1. The summed E-state index contributed by atoms with van der Waals surface area (Å²) in [6, 6.07) is 8.81. The minimum atomic E-state index is -1.99. The van der Waals surface area contributed by atoms with Gasteiger partial charge in [-0.15, -0.1) is 0 Å². The molecule has 0 spiro atoms. The first-order valence-electron chi connectivity index (χ1n) is 3.14. The Balaban J connectivity index is 2.39. The summed E-state index contributed by atoms with van der Waals surface area (Å²) in [6.07, 6.45) is 0. The molecule has 11 heavy (non-hydrogen) atoms. The van der Waals surface area contributed by atoms with Gasteiger partial charge in [0.25, 0.3) is 0 Å². The van der Waals surface area contributed by atoms with Crippen molar-refractivity contribution in [3.63, 3.8) is 0 Å². The Bertz CT molecular complexity index is 199. The zero-order valence-corrected chi connectivity index (χ0v) is 5.76. The fourth-order valence-electron chi connectivity index (χ4n) is 0.712. The van der Waals surface area contributed by atoms with Gasteiger partial charge in [-0.25, -0.2) is 0 Å². The molecule has 1 rings (SSSR count). The molecule has 0 bridgehead atoms. The second-order valence-corrected chi connectivity index (χ2v) is 2.00. The van der Waals surface area contributed by atoms with Crippen molar-refractivity contribution in [2.75, 3.05) is 0 Å². The van der Waals surface area contributed by atoms with E-state index in [-0.39, 0.29) is 6.61 Å². The molecule has 0 aliphatic carbocycles. The van der Waals surface area contributed by atoms with Crippen LogP contribution in [0.25, 0.3) is 0 Å². The van der Waals surface area contributed by atoms with Gasteiger partial charge in [0.15, 0.2) is 0 Å². The van der Waals surface area contributed by atoms with E-state index in [4.69, 9.17) is 0 Å². The van der Waals surface area contributed by atoms with Gasteiger partial charge in [-0.2, -0.15) is 8.78 Å². The summed E-state index contributed by atoms with van der Waals surface area (Å²) in [5, 5.41) is 0. The van der Waals surface area contributed by atoms with Gasteiger partial charge >= 0.3 is 6.61 Å². The number of halogens is 2. The van der Waals surface area contributed by atoms with Crippen molar-refractivity contribution in [2.45, 2.75) is 6.61 Å². The summed E-state index contributed by atoms with van der Waals surface area (Å²) >= 11 is 0. The highest BCUT2D eigenvalue weighted by Crippen LogP contribution is 2.09. The molecule has 0 unspecified atom stereocenters. The lowest BCUT2D eigenvalue weighted by Crippen LogP contribution is -1.91. The first kappa shape index (κ1) is 8.14. The Labute approximate surface area is 63.6 Å². The molecule has 1 radical (unpaired) electrons. The van der Waals surface area contributed by atoms with Crippen LogP contribution in [0.4, 0.5) is 8.78 Å². The van der Waals surface area contributed by atoms with Gasteiger partial charge < -0.3 is 4.74 Å². The van der Waals surface area contributed by atoms with Gasteiger partial charge in [0.05, 0.1) is 6.61 Å². The van der Waals surface area contributed by atoms with Gasteiger partial charge in [0.1, 0.15) is 0 Å². The van der Waals surface area contributed by atoms with E-state index in [0.29, 0.717) is 0 Å². The summed E-state index contributed by atoms with van der Waals surface area (Å²) in [7, 11) is 0. The van der Waals surface area contributed by atoms with Crippen LogP contribution in [-0.4, -0.2) is 0 Å². The molecular weight excluding hydrogens is 150 g/mol. The van der Waals surface area contributed by atoms with Crippen LogP contribution in [0.1, 0.15) is 5.56 Å². The van der Waals surface area contributed by atoms with Crippen LogP contribution in [0.3, 0.4) is 0 Å². The SMILES string of the molecule is F[C](F)OCc1ccccc1. The van der Waals surface area contributed by atoms with E-state index in [1.807, 2.05) is 6.07 Å². The average molecular weight is 157 g/mol. The summed E-state index contributed by atoms with van der Waals surface area (Å²) in [4.78, 5) is 0. The van der Waals surface area contributed by atoms with Crippen molar-refractivity contribution in [1.82, 2.24) is 0 Å². The lowest BCUT2D eigenvalue weighted by Gasteiger charge is -1.99. The van der Waals surface area contributed by atoms with Crippen molar-refractivity contribution in [2.24, 2.45) is 0 Å². The van der Waals surface area contributed by atoms with Crippen LogP contribution in [-0.2, 0) is 11.3 Å². The Kier molecular flexibility index (Phi) is 2.98. The minimum Gasteiger partial charge on any atom is -0.309 e. The van der Waals surface area contributed by atoms with Crippen LogP contribution in [0.5, 0.6) is 0 Å². The monoisotopic (exact) mass is 157 g/mol. The van der Waals surface area contributed by atoms with Crippen molar-refractivity contribution >= 4 is 0 Å². The lowest BCUT2D eigenvalue weighted by atomic mass is 10.2. The molecule has 0 fully saturated rings. The summed E-state index contributed by atoms with van der Waals surface area (Å²) in [6.45, 7) is -2.06. The van der Waals surface area contributed by atoms with Gasteiger partial charge in [-0.3, -0.25) is 0 Å². The molecular formula is C8H7F2O. The van der Waals surface area contributed by atoms with Gasteiger partial charge in [0.2, 0.25) is 0 Å². The third-order valence-electron chi connectivity index (χ3n) is 1.19. The molecule has 0 aromatic heterocycles. The summed E-state index contributed by atoms with van der Waals surface area (Å²) in [5.74, 6) is 0. The van der Waals surface area contributed by atoms with E-state index >= 15 is 0 Å². The van der Waals surface area contributed by atoms with Crippen LogP contribution in [0.15, 0.2) is 30.3 Å². The maximum Gasteiger partial charge on any atom is 0.448 e. The Morgan fingerprint density at radius 1 is 1.18 bits per heavy atom. The number of rotatable bonds is 3. The second-order valence-electron chi connectivity index (χ2n) is 2.00. The topological polar surface area (TPSA) is 9.23 Å². The average Bonchev–Trinajstić information content (AvgIpc) is 2.03. The molecule has 0 atom stereocenters. The summed E-state index contributed by atoms with van der Waals surface area (Å²) in [5.41, 5.74) is 0.736.